The molecule has 3 aromatic rings. The van der Waals surface area contributed by atoms with Crippen LogP contribution in [-0.2, 0) is 19.2 Å². The SMILES string of the molecule is CNC(=O)c1c(Br)c(C(=O)ONC(C)=O)c(Br)c(N(CC(=O)Nc2c(Br)c(C(=O)NCCO)c(Br)c(C(=O)NCCO)c2Br)CC(=O)Nc2c(Br)c(C(=O)NCCO)c(Br)c(C(=O)NCCO)c2Br)c1Br. The Bertz CT molecular complexity index is 2450. The number of nitrogens with zero attached hydrogens (tertiary/aromatic N) is 1. The summed E-state index contributed by atoms with van der Waals surface area (Å²) in [6.07, 6.45) is 0. The van der Waals surface area contributed by atoms with Gasteiger partial charge in [0, 0.05) is 53.6 Å². The van der Waals surface area contributed by atoms with E-state index in [1.54, 1.807) is 0 Å². The van der Waals surface area contributed by atoms with Gasteiger partial charge in [-0.1, -0.05) is 0 Å². The van der Waals surface area contributed by atoms with Crippen LogP contribution in [0.4, 0.5) is 17.1 Å². The summed E-state index contributed by atoms with van der Waals surface area (Å²) in [5, 5.41) is 55.1. The minimum absolute atomic E-state index is 0.0742. The lowest BCUT2D eigenvalue weighted by Crippen LogP contribution is -2.40. The highest BCUT2D eigenvalue weighted by atomic mass is 79.9. The molecule has 23 nitrogen and oxygen atoms in total. The van der Waals surface area contributed by atoms with Gasteiger partial charge in [-0.3, -0.25) is 38.4 Å². The van der Waals surface area contributed by atoms with Crippen molar-refractivity contribution in [3.05, 3.63) is 73.6 Å². The molecule has 71 heavy (non-hydrogen) atoms. The van der Waals surface area contributed by atoms with E-state index < -0.39 is 98.3 Å². The van der Waals surface area contributed by atoms with Crippen molar-refractivity contribution in [1.82, 2.24) is 32.1 Å². The third-order valence-corrected chi connectivity index (χ3v) is 16.0. The Labute approximate surface area is 478 Å². The number of hydrogen-bond acceptors (Lipinski definition) is 15. The third kappa shape index (κ3) is 15.2. The molecule has 0 unspecified atom stereocenters. The van der Waals surface area contributed by atoms with Crippen LogP contribution in [0.15, 0.2) is 40.3 Å². The van der Waals surface area contributed by atoms with Crippen LogP contribution in [0.1, 0.15) is 69.1 Å². The van der Waals surface area contributed by atoms with Crippen molar-refractivity contribution >= 4 is 214 Å². The summed E-state index contributed by atoms with van der Waals surface area (Å²) in [5.41, 5.74) is -0.392. The molecule has 3 aromatic carbocycles. The molecule has 0 spiro atoms. The summed E-state index contributed by atoms with van der Waals surface area (Å²) in [4.78, 5) is 128. The smallest absolute Gasteiger partial charge is 0.365 e. The number of amides is 8. The van der Waals surface area contributed by atoms with Crippen molar-refractivity contribution in [3.63, 3.8) is 0 Å². The Morgan fingerprint density at radius 3 is 1.04 bits per heavy atom. The molecule has 0 aliphatic heterocycles. The monoisotopic (exact) mass is 1570 g/mol. The first-order chi connectivity index (χ1) is 33.5. The van der Waals surface area contributed by atoms with E-state index in [1.165, 1.54) is 7.05 Å². The highest BCUT2D eigenvalue weighted by Gasteiger charge is 2.35. The Morgan fingerprint density at radius 1 is 0.451 bits per heavy atom. The van der Waals surface area contributed by atoms with Gasteiger partial charge in [-0.25, -0.2) is 4.79 Å². The minimum atomic E-state index is -1.24. The van der Waals surface area contributed by atoms with Crippen LogP contribution in [0.5, 0.6) is 0 Å². The molecule has 0 aliphatic carbocycles. The van der Waals surface area contributed by atoms with Crippen molar-refractivity contribution < 1.29 is 68.4 Å². The molecule has 32 heteroatoms. The van der Waals surface area contributed by atoms with Gasteiger partial charge < -0.3 is 67.4 Å². The highest BCUT2D eigenvalue weighted by Crippen LogP contribution is 2.47. The number of nitrogens with one attached hydrogen (secondary N) is 8. The number of carbonyl (C=O) groups excluding carboxylic acids is 9. The van der Waals surface area contributed by atoms with Crippen molar-refractivity contribution in [2.24, 2.45) is 0 Å². The van der Waals surface area contributed by atoms with Crippen molar-refractivity contribution in [2.45, 2.75) is 6.92 Å². The molecule has 0 radical (unpaired) electrons. The number of halogens is 9. The van der Waals surface area contributed by atoms with Gasteiger partial charge >= 0.3 is 5.97 Å². The highest BCUT2D eigenvalue weighted by molar-refractivity contribution is 9.12. The predicted octanol–water partition coefficient (Wildman–Crippen LogP) is 4.09. The van der Waals surface area contributed by atoms with Gasteiger partial charge in [0.15, 0.2) is 0 Å². The Balaban J connectivity index is 2.41. The zero-order chi connectivity index (χ0) is 53.6. The fraction of sp³-hybridized carbons (Fsp3) is 0.308. The van der Waals surface area contributed by atoms with E-state index in [0.29, 0.717) is 0 Å². The Kier molecular flexibility index (Phi) is 25.4. The summed E-state index contributed by atoms with van der Waals surface area (Å²) in [6, 6.07) is 0. The largest absolute Gasteiger partial charge is 0.395 e. The van der Waals surface area contributed by atoms with Gasteiger partial charge in [-0.15, -0.1) is 0 Å². The number of hydroxylamine groups is 1. The second-order valence-corrected chi connectivity index (χ2v) is 20.8. The quantitative estimate of drug-likeness (QED) is 0.0669. The van der Waals surface area contributed by atoms with Crippen LogP contribution < -0.4 is 47.6 Å². The molecule has 0 aromatic heterocycles. The van der Waals surface area contributed by atoms with E-state index in [2.05, 4.69) is 181 Å². The van der Waals surface area contributed by atoms with E-state index in [-0.39, 0.29) is 111 Å². The first kappa shape index (κ1) is 62.1. The molecule has 0 bridgehead atoms. The van der Waals surface area contributed by atoms with E-state index >= 15 is 0 Å². The number of aliphatic hydroxyl groups excluding tert-OH is 4. The molecule has 0 heterocycles. The molecule has 0 saturated carbocycles. The summed E-state index contributed by atoms with van der Waals surface area (Å²) in [7, 11) is 1.27. The van der Waals surface area contributed by atoms with Crippen LogP contribution in [-0.4, -0.2) is 146 Å². The summed E-state index contributed by atoms with van der Waals surface area (Å²) in [6.45, 7) is -3.40. The van der Waals surface area contributed by atoms with Gasteiger partial charge in [-0.2, -0.15) is 5.48 Å². The van der Waals surface area contributed by atoms with Crippen molar-refractivity contribution in [2.75, 3.05) is 88.3 Å². The Hall–Kier alpha value is -3.15. The average Bonchev–Trinajstić information content (AvgIpc) is 3.30. The number of rotatable bonds is 21. The fourth-order valence-electron chi connectivity index (χ4n) is 5.90. The maximum absolute atomic E-state index is 14.5. The third-order valence-electron chi connectivity index (χ3n) is 8.89. The van der Waals surface area contributed by atoms with Gasteiger partial charge in [0.1, 0.15) is 0 Å². The van der Waals surface area contributed by atoms with Gasteiger partial charge in [-0.05, 0) is 143 Å². The molecule has 0 saturated heterocycles. The molecular formula is C39H38Br9N9O14. The molecule has 0 atom stereocenters. The van der Waals surface area contributed by atoms with E-state index in [1.807, 2.05) is 5.48 Å². The Morgan fingerprint density at radius 2 is 0.746 bits per heavy atom. The zero-order valence-electron chi connectivity index (χ0n) is 36.3. The molecule has 8 amide bonds. The maximum atomic E-state index is 14.5. The lowest BCUT2D eigenvalue weighted by atomic mass is 10.1. The lowest BCUT2D eigenvalue weighted by molar-refractivity contribution is -0.127. The first-order valence-electron chi connectivity index (χ1n) is 19.7. The maximum Gasteiger partial charge on any atom is 0.365 e. The van der Waals surface area contributed by atoms with Crippen LogP contribution in [0.2, 0.25) is 0 Å². The first-order valence-corrected chi connectivity index (χ1v) is 26.8. The number of benzene rings is 3. The van der Waals surface area contributed by atoms with Gasteiger partial charge in [0.25, 0.3) is 29.5 Å². The van der Waals surface area contributed by atoms with E-state index in [9.17, 15) is 63.6 Å². The standard InChI is InChI=1S/C39H38Br9N9O14/c1-13(62)56-71-39(70)21-24(42)20(34(65)49-2)29(47)33(30(21)48)57(11-14(63)54-31-25(43)16(35(66)50-3-7-58)22(40)17(26(31)44)36(67)51-4-8-59)12-15(64)55-32-27(45)18(37(68)52-5-9-60)23(41)19(28(32)46)38(69)53-6-10-61/h58-61H,3-12H2,1-2H3,(H,49,65)(H,50,66)(H,51,67)(H,52,68)(H,53,69)(H,54,63)(H,55,64)(H,56,62). The molecule has 0 fully saturated rings. The summed E-state index contributed by atoms with van der Waals surface area (Å²) in [5.74, 6) is -8.08. The van der Waals surface area contributed by atoms with Crippen LogP contribution >= 0.6 is 143 Å². The van der Waals surface area contributed by atoms with Gasteiger partial charge in [0.05, 0.1) is 117 Å². The number of carbonyl (C=O) groups is 9. The van der Waals surface area contributed by atoms with Crippen LogP contribution in [0.25, 0.3) is 0 Å². The molecule has 0 aliphatic rings. The van der Waals surface area contributed by atoms with Gasteiger partial charge in [0.2, 0.25) is 17.7 Å². The number of anilines is 3. The molecule has 386 valence electrons. The van der Waals surface area contributed by atoms with E-state index in [4.69, 9.17) is 4.84 Å². The summed E-state index contributed by atoms with van der Waals surface area (Å²) >= 11 is 29.9. The minimum Gasteiger partial charge on any atom is -0.395 e. The fourth-order valence-corrected chi connectivity index (χ4v) is 14.9. The second-order valence-electron chi connectivity index (χ2n) is 13.7. The summed E-state index contributed by atoms with van der Waals surface area (Å²) < 4.78 is -1.09. The number of aliphatic hydroxyl groups is 4. The normalized spacial score (nSPS) is 10.7. The van der Waals surface area contributed by atoms with Crippen molar-refractivity contribution in [1.29, 1.82) is 0 Å². The van der Waals surface area contributed by atoms with Crippen LogP contribution in [0.3, 0.4) is 0 Å². The topological polar surface area (TPSA) is 343 Å². The molecule has 3 rings (SSSR count). The molecular weight excluding hydrogens is 1540 g/mol. The van der Waals surface area contributed by atoms with Crippen molar-refractivity contribution in [3.8, 4) is 0 Å². The second kappa shape index (κ2) is 29.1. The average molecular weight is 1580 g/mol. The number of hydrogen-bond donors (Lipinski definition) is 12. The predicted molar refractivity (Wildman–Crippen MR) is 288 cm³/mol. The zero-order valence-corrected chi connectivity index (χ0v) is 50.6. The lowest BCUT2D eigenvalue weighted by Gasteiger charge is -2.29. The van der Waals surface area contributed by atoms with E-state index in [0.717, 1.165) is 11.8 Å². The molecule has 12 N–H and O–H groups in total. The van der Waals surface area contributed by atoms with Crippen LogP contribution in [0, 0.1) is 0 Å².